The molecule has 1 aromatic rings. The van der Waals surface area contributed by atoms with Crippen molar-refractivity contribution in [2.75, 3.05) is 13.1 Å². The Morgan fingerprint density at radius 1 is 1.18 bits per heavy atom. The van der Waals surface area contributed by atoms with Gasteiger partial charge >= 0.3 is 12.1 Å². The van der Waals surface area contributed by atoms with Crippen LogP contribution in [0.1, 0.15) is 24.8 Å². The van der Waals surface area contributed by atoms with Crippen molar-refractivity contribution in [3.63, 3.8) is 0 Å². The number of carboxylic acids is 1. The number of rotatable bonds is 3. The molecule has 1 saturated carbocycles. The molecule has 5 heteroatoms. The largest absolute Gasteiger partial charge is 0.481 e. The van der Waals surface area contributed by atoms with Crippen molar-refractivity contribution in [3.8, 4) is 0 Å². The van der Waals surface area contributed by atoms with Crippen molar-refractivity contribution in [2.24, 2.45) is 17.8 Å². The third kappa shape index (κ3) is 3.08. The molecule has 2 aliphatic rings. The maximum absolute atomic E-state index is 12.2. The Morgan fingerprint density at radius 2 is 1.95 bits per heavy atom. The highest BCUT2D eigenvalue weighted by atomic mass is 16.6. The van der Waals surface area contributed by atoms with Gasteiger partial charge in [0.05, 0.1) is 5.92 Å². The normalized spacial score (nSPS) is 27.3. The summed E-state index contributed by atoms with van der Waals surface area (Å²) in [6, 6.07) is 9.61. The molecule has 1 N–H and O–H groups in total. The second-order valence-corrected chi connectivity index (χ2v) is 6.22. The number of hydrogen-bond donors (Lipinski definition) is 1. The lowest BCUT2D eigenvalue weighted by atomic mass is 9.83. The average molecular weight is 303 g/mol. The molecule has 0 spiro atoms. The summed E-state index contributed by atoms with van der Waals surface area (Å²) in [5.74, 6) is -0.394. The number of carbonyl (C=O) groups is 2. The van der Waals surface area contributed by atoms with E-state index in [1.165, 1.54) is 0 Å². The molecule has 22 heavy (non-hydrogen) atoms. The number of likely N-dealkylation sites (tertiary alicyclic amines) is 1. The lowest BCUT2D eigenvalue weighted by Crippen LogP contribution is -2.44. The van der Waals surface area contributed by atoms with Crippen molar-refractivity contribution in [1.82, 2.24) is 4.90 Å². The van der Waals surface area contributed by atoms with Crippen LogP contribution < -0.4 is 0 Å². The van der Waals surface area contributed by atoms with Crippen LogP contribution in [-0.2, 0) is 16.1 Å². The van der Waals surface area contributed by atoms with E-state index < -0.39 is 5.97 Å². The SMILES string of the molecule is O=C(O)C1CCC2CN(C(=O)OCc3ccccc3)CCC21. The van der Waals surface area contributed by atoms with E-state index in [2.05, 4.69) is 0 Å². The predicted octanol–water partition coefficient (Wildman–Crippen LogP) is 2.76. The fraction of sp³-hybridized carbons (Fsp3) is 0.529. The van der Waals surface area contributed by atoms with Gasteiger partial charge in [0.25, 0.3) is 0 Å². The molecule has 5 nitrogen and oxygen atoms in total. The van der Waals surface area contributed by atoms with Crippen LogP contribution in [0.4, 0.5) is 4.79 Å². The van der Waals surface area contributed by atoms with Gasteiger partial charge in [-0.2, -0.15) is 0 Å². The Bertz CT molecular complexity index is 545. The first kappa shape index (κ1) is 14.9. The molecule has 0 radical (unpaired) electrons. The Balaban J connectivity index is 1.52. The number of piperidine rings is 1. The lowest BCUT2D eigenvalue weighted by Gasteiger charge is -2.35. The summed E-state index contributed by atoms with van der Waals surface area (Å²) >= 11 is 0. The maximum atomic E-state index is 12.2. The Hall–Kier alpha value is -2.04. The minimum absolute atomic E-state index is 0.218. The van der Waals surface area contributed by atoms with E-state index in [0.717, 1.165) is 24.8 Å². The molecule has 1 heterocycles. The van der Waals surface area contributed by atoms with Gasteiger partial charge in [0.15, 0.2) is 0 Å². The van der Waals surface area contributed by atoms with E-state index in [0.29, 0.717) is 19.0 Å². The first-order valence-corrected chi connectivity index (χ1v) is 7.83. The molecule has 1 aliphatic carbocycles. The van der Waals surface area contributed by atoms with Gasteiger partial charge in [0, 0.05) is 13.1 Å². The zero-order chi connectivity index (χ0) is 15.5. The van der Waals surface area contributed by atoms with Gasteiger partial charge in [0.2, 0.25) is 0 Å². The molecule has 0 bridgehead atoms. The van der Waals surface area contributed by atoms with Crippen LogP contribution in [-0.4, -0.2) is 35.2 Å². The average Bonchev–Trinajstić information content (AvgIpc) is 2.97. The van der Waals surface area contributed by atoms with Gasteiger partial charge < -0.3 is 14.7 Å². The number of amides is 1. The minimum atomic E-state index is -0.687. The molecular formula is C17H21NO4. The maximum Gasteiger partial charge on any atom is 0.410 e. The second-order valence-electron chi connectivity index (χ2n) is 6.22. The monoisotopic (exact) mass is 303 g/mol. The van der Waals surface area contributed by atoms with Crippen LogP contribution in [0.3, 0.4) is 0 Å². The number of nitrogens with zero attached hydrogens (tertiary/aromatic N) is 1. The summed E-state index contributed by atoms with van der Waals surface area (Å²) < 4.78 is 5.36. The molecular weight excluding hydrogens is 282 g/mol. The van der Waals surface area contributed by atoms with E-state index in [9.17, 15) is 14.7 Å². The summed E-state index contributed by atoms with van der Waals surface area (Å²) in [6.45, 7) is 1.50. The third-order valence-electron chi connectivity index (χ3n) is 4.94. The fourth-order valence-corrected chi connectivity index (χ4v) is 3.78. The van der Waals surface area contributed by atoms with Crippen LogP contribution in [0.5, 0.6) is 0 Å². The highest BCUT2D eigenvalue weighted by Gasteiger charge is 2.44. The van der Waals surface area contributed by atoms with Crippen LogP contribution in [0.25, 0.3) is 0 Å². The van der Waals surface area contributed by atoms with Crippen molar-refractivity contribution in [1.29, 1.82) is 0 Å². The van der Waals surface area contributed by atoms with Gasteiger partial charge in [-0.15, -0.1) is 0 Å². The Morgan fingerprint density at radius 3 is 2.68 bits per heavy atom. The highest BCUT2D eigenvalue weighted by Crippen LogP contribution is 2.42. The van der Waals surface area contributed by atoms with E-state index in [4.69, 9.17) is 4.74 Å². The van der Waals surface area contributed by atoms with Gasteiger partial charge in [-0.05, 0) is 36.7 Å². The molecule has 3 rings (SSSR count). The predicted molar refractivity (Wildman–Crippen MR) is 80.2 cm³/mol. The summed E-state index contributed by atoms with van der Waals surface area (Å²) in [5, 5.41) is 9.23. The quantitative estimate of drug-likeness (QED) is 0.932. The molecule has 0 aromatic heterocycles. The molecule has 1 saturated heterocycles. The molecule has 2 fully saturated rings. The fourth-order valence-electron chi connectivity index (χ4n) is 3.78. The van der Waals surface area contributed by atoms with Gasteiger partial charge in [-0.1, -0.05) is 30.3 Å². The number of aliphatic carboxylic acids is 1. The zero-order valence-electron chi connectivity index (χ0n) is 12.5. The smallest absolute Gasteiger partial charge is 0.410 e. The van der Waals surface area contributed by atoms with E-state index in [-0.39, 0.29) is 24.5 Å². The molecule has 1 aromatic carbocycles. The summed E-state index contributed by atoms with van der Waals surface area (Å²) in [5.41, 5.74) is 0.970. The Kier molecular flexibility index (Phi) is 4.32. The van der Waals surface area contributed by atoms with Gasteiger partial charge in [0.1, 0.15) is 6.61 Å². The summed E-state index contributed by atoms with van der Waals surface area (Å²) in [4.78, 5) is 25.1. The highest BCUT2D eigenvalue weighted by molar-refractivity contribution is 5.71. The first-order valence-electron chi connectivity index (χ1n) is 7.83. The summed E-state index contributed by atoms with van der Waals surface area (Å²) in [6.07, 6.45) is 2.10. The van der Waals surface area contributed by atoms with Crippen molar-refractivity contribution in [3.05, 3.63) is 35.9 Å². The van der Waals surface area contributed by atoms with Gasteiger partial charge in [-0.25, -0.2) is 4.79 Å². The molecule has 1 aliphatic heterocycles. The van der Waals surface area contributed by atoms with Crippen LogP contribution >= 0.6 is 0 Å². The zero-order valence-corrected chi connectivity index (χ0v) is 12.5. The number of carbonyl (C=O) groups excluding carboxylic acids is 1. The summed E-state index contributed by atoms with van der Waals surface area (Å²) in [7, 11) is 0. The van der Waals surface area contributed by atoms with Crippen molar-refractivity contribution < 1.29 is 19.4 Å². The molecule has 3 atom stereocenters. The number of carboxylic acid groups (broad SMARTS) is 1. The van der Waals surface area contributed by atoms with Crippen molar-refractivity contribution >= 4 is 12.1 Å². The van der Waals surface area contributed by atoms with Crippen LogP contribution in [0, 0.1) is 17.8 Å². The third-order valence-corrected chi connectivity index (χ3v) is 4.94. The lowest BCUT2D eigenvalue weighted by molar-refractivity contribution is -0.143. The standard InChI is InChI=1S/C17H21NO4/c19-16(20)15-7-6-13-10-18(9-8-14(13)15)17(21)22-11-12-4-2-1-3-5-12/h1-5,13-15H,6-11H2,(H,19,20). The van der Waals surface area contributed by atoms with E-state index >= 15 is 0 Å². The van der Waals surface area contributed by atoms with Gasteiger partial charge in [-0.3, -0.25) is 4.79 Å². The molecule has 118 valence electrons. The van der Waals surface area contributed by atoms with Crippen LogP contribution in [0.2, 0.25) is 0 Å². The number of ether oxygens (including phenoxy) is 1. The number of benzene rings is 1. The first-order chi connectivity index (χ1) is 10.6. The second kappa shape index (κ2) is 6.38. The van der Waals surface area contributed by atoms with E-state index in [1.54, 1.807) is 4.90 Å². The Labute approximate surface area is 129 Å². The topological polar surface area (TPSA) is 66.8 Å². The molecule has 1 amide bonds. The van der Waals surface area contributed by atoms with Crippen molar-refractivity contribution in [2.45, 2.75) is 25.9 Å². The minimum Gasteiger partial charge on any atom is -0.481 e. The van der Waals surface area contributed by atoms with Crippen LogP contribution in [0.15, 0.2) is 30.3 Å². The molecule has 3 unspecified atom stereocenters. The number of hydrogen-bond acceptors (Lipinski definition) is 3. The number of fused-ring (bicyclic) bond motifs is 1. The van der Waals surface area contributed by atoms with E-state index in [1.807, 2.05) is 30.3 Å².